The normalized spacial score (nSPS) is 10.6. The van der Waals surface area contributed by atoms with Crippen LogP contribution in [0.2, 0.25) is 0 Å². The molecule has 2 rings (SSSR count). The number of hydrogen-bond donors (Lipinski definition) is 0. The molecular weight excluding hydrogens is 257 g/mol. The van der Waals surface area contributed by atoms with Gasteiger partial charge in [-0.3, -0.25) is 10.1 Å². The highest BCUT2D eigenvalue weighted by Gasteiger charge is 2.06. The van der Waals surface area contributed by atoms with Crippen LogP contribution in [-0.4, -0.2) is 4.92 Å². The maximum Gasteiger partial charge on any atom is 0.320 e. The van der Waals surface area contributed by atoms with Crippen LogP contribution in [0.5, 0.6) is 0 Å². The molecule has 0 aliphatic carbocycles. The minimum absolute atomic E-state index is 0.236. The fourth-order valence-electron chi connectivity index (χ4n) is 1.51. The summed E-state index contributed by atoms with van der Waals surface area (Å²) in [7, 11) is 0. The number of hydrogen-bond acceptors (Lipinski definition) is 2. The number of halogens is 1. The van der Waals surface area contributed by atoms with Gasteiger partial charge in [-0.15, -0.1) is 0 Å². The Morgan fingerprint density at radius 1 is 1.10 bits per heavy atom. The SMILES string of the molecule is O=[N+]([O-])/C(C#Cc1ccccc1)=C/c1ccc(F)cc1. The monoisotopic (exact) mass is 267 g/mol. The van der Waals surface area contributed by atoms with E-state index in [9.17, 15) is 14.5 Å². The molecule has 0 atom stereocenters. The minimum Gasteiger partial charge on any atom is -0.258 e. The van der Waals surface area contributed by atoms with Crippen molar-refractivity contribution in [1.82, 2.24) is 0 Å². The van der Waals surface area contributed by atoms with E-state index in [4.69, 9.17) is 0 Å². The second kappa shape index (κ2) is 6.30. The van der Waals surface area contributed by atoms with Gasteiger partial charge in [-0.1, -0.05) is 36.3 Å². The summed E-state index contributed by atoms with van der Waals surface area (Å²) < 4.78 is 12.8. The molecule has 3 nitrogen and oxygen atoms in total. The van der Waals surface area contributed by atoms with E-state index in [-0.39, 0.29) is 11.5 Å². The Balaban J connectivity index is 2.31. The summed E-state index contributed by atoms with van der Waals surface area (Å²) >= 11 is 0. The van der Waals surface area contributed by atoms with Gasteiger partial charge in [0.2, 0.25) is 0 Å². The average Bonchev–Trinajstić information content (AvgIpc) is 2.46. The molecule has 0 N–H and O–H groups in total. The first kappa shape index (κ1) is 13.5. The molecule has 4 heteroatoms. The van der Waals surface area contributed by atoms with E-state index in [1.165, 1.54) is 30.3 Å². The Labute approximate surface area is 115 Å². The Morgan fingerprint density at radius 3 is 2.35 bits per heavy atom. The lowest BCUT2D eigenvalue weighted by atomic mass is 10.2. The lowest BCUT2D eigenvalue weighted by molar-refractivity contribution is -0.415. The summed E-state index contributed by atoms with van der Waals surface area (Å²) in [4.78, 5) is 10.4. The minimum atomic E-state index is -0.556. The Kier molecular flexibility index (Phi) is 4.25. The summed E-state index contributed by atoms with van der Waals surface area (Å²) in [5, 5.41) is 11.0. The second-order valence-corrected chi connectivity index (χ2v) is 3.95. The van der Waals surface area contributed by atoms with Crippen molar-refractivity contribution in [1.29, 1.82) is 0 Å². The van der Waals surface area contributed by atoms with E-state index in [0.717, 1.165) is 0 Å². The predicted molar refractivity (Wildman–Crippen MR) is 74.7 cm³/mol. The molecule has 0 aliphatic heterocycles. The third kappa shape index (κ3) is 3.79. The molecule has 0 unspecified atom stereocenters. The zero-order valence-electron chi connectivity index (χ0n) is 10.4. The predicted octanol–water partition coefficient (Wildman–Crippen LogP) is 3.50. The maximum atomic E-state index is 12.8. The van der Waals surface area contributed by atoms with Crippen molar-refractivity contribution in [3.8, 4) is 11.8 Å². The van der Waals surface area contributed by atoms with Crippen LogP contribution in [0.4, 0.5) is 4.39 Å². The standard InChI is InChI=1S/C16H10FNO2/c17-15-9-6-14(7-10-15)12-16(18(19)20)11-8-13-4-2-1-3-5-13/h1-7,9-10,12H/b16-12+. The van der Waals surface area contributed by atoms with Gasteiger partial charge in [0.15, 0.2) is 0 Å². The van der Waals surface area contributed by atoms with E-state index in [1.807, 2.05) is 6.07 Å². The van der Waals surface area contributed by atoms with E-state index in [0.29, 0.717) is 11.1 Å². The van der Waals surface area contributed by atoms with Crippen LogP contribution in [0, 0.1) is 27.8 Å². The molecule has 0 amide bonds. The number of allylic oxidation sites excluding steroid dienone is 1. The molecule has 0 saturated carbocycles. The molecule has 0 radical (unpaired) electrons. The highest BCUT2D eigenvalue weighted by molar-refractivity contribution is 5.56. The van der Waals surface area contributed by atoms with Crippen LogP contribution in [0.25, 0.3) is 6.08 Å². The lowest BCUT2D eigenvalue weighted by Crippen LogP contribution is -1.95. The van der Waals surface area contributed by atoms with Crippen LogP contribution in [0.1, 0.15) is 11.1 Å². The molecule has 0 spiro atoms. The highest BCUT2D eigenvalue weighted by atomic mass is 19.1. The largest absolute Gasteiger partial charge is 0.320 e. The Morgan fingerprint density at radius 2 is 1.75 bits per heavy atom. The molecule has 0 heterocycles. The third-order valence-electron chi connectivity index (χ3n) is 2.48. The van der Waals surface area contributed by atoms with E-state index >= 15 is 0 Å². The average molecular weight is 267 g/mol. The fraction of sp³-hybridized carbons (Fsp3) is 0. The lowest BCUT2D eigenvalue weighted by Gasteiger charge is -1.93. The summed E-state index contributed by atoms with van der Waals surface area (Å²) in [5.74, 6) is 4.85. The van der Waals surface area contributed by atoms with Crippen LogP contribution in [0.3, 0.4) is 0 Å². The number of rotatable bonds is 2. The molecule has 98 valence electrons. The van der Waals surface area contributed by atoms with Crippen molar-refractivity contribution in [2.24, 2.45) is 0 Å². The van der Waals surface area contributed by atoms with Crippen molar-refractivity contribution in [3.05, 3.63) is 87.4 Å². The van der Waals surface area contributed by atoms with Crippen molar-refractivity contribution >= 4 is 6.08 Å². The van der Waals surface area contributed by atoms with E-state index < -0.39 is 4.92 Å². The van der Waals surface area contributed by atoms with Gasteiger partial charge in [-0.25, -0.2) is 4.39 Å². The zero-order chi connectivity index (χ0) is 14.4. The second-order valence-electron chi connectivity index (χ2n) is 3.95. The van der Waals surface area contributed by atoms with Crippen LogP contribution < -0.4 is 0 Å². The first-order valence-corrected chi connectivity index (χ1v) is 5.84. The zero-order valence-corrected chi connectivity index (χ0v) is 10.4. The summed E-state index contributed by atoms with van der Waals surface area (Å²) in [5.41, 5.74) is 0.986. The summed E-state index contributed by atoms with van der Waals surface area (Å²) in [6, 6.07) is 14.4. The molecule has 0 fully saturated rings. The molecular formula is C16H10FNO2. The van der Waals surface area contributed by atoms with Crippen molar-refractivity contribution in [3.63, 3.8) is 0 Å². The fourth-order valence-corrected chi connectivity index (χ4v) is 1.51. The number of nitrogens with zero attached hydrogens (tertiary/aromatic N) is 1. The van der Waals surface area contributed by atoms with Gasteiger partial charge in [-0.05, 0) is 29.8 Å². The van der Waals surface area contributed by atoms with Crippen LogP contribution in [-0.2, 0) is 0 Å². The molecule has 20 heavy (non-hydrogen) atoms. The Bertz CT molecular complexity index is 695. The van der Waals surface area contributed by atoms with Gasteiger partial charge in [0.05, 0.1) is 4.92 Å². The van der Waals surface area contributed by atoms with Gasteiger partial charge in [0.1, 0.15) is 5.82 Å². The van der Waals surface area contributed by atoms with Crippen LogP contribution >= 0.6 is 0 Å². The number of nitro groups is 1. The van der Waals surface area contributed by atoms with Crippen molar-refractivity contribution < 1.29 is 9.31 Å². The van der Waals surface area contributed by atoms with E-state index in [2.05, 4.69) is 11.8 Å². The highest BCUT2D eigenvalue weighted by Crippen LogP contribution is 2.09. The molecule has 0 aromatic heterocycles. The molecule has 2 aromatic carbocycles. The molecule has 0 saturated heterocycles. The summed E-state index contributed by atoms with van der Waals surface area (Å²) in [6.07, 6.45) is 1.31. The van der Waals surface area contributed by atoms with Crippen LogP contribution in [0.15, 0.2) is 60.3 Å². The maximum absolute atomic E-state index is 12.8. The first-order valence-electron chi connectivity index (χ1n) is 5.84. The number of benzene rings is 2. The Hall–Kier alpha value is -2.93. The van der Waals surface area contributed by atoms with Gasteiger partial charge < -0.3 is 0 Å². The topological polar surface area (TPSA) is 43.1 Å². The van der Waals surface area contributed by atoms with E-state index in [1.54, 1.807) is 24.3 Å². The molecule has 0 aliphatic rings. The van der Waals surface area contributed by atoms with Gasteiger partial charge in [0, 0.05) is 17.6 Å². The van der Waals surface area contributed by atoms with Crippen molar-refractivity contribution in [2.45, 2.75) is 0 Å². The van der Waals surface area contributed by atoms with Gasteiger partial charge in [-0.2, -0.15) is 0 Å². The summed E-state index contributed by atoms with van der Waals surface area (Å²) in [6.45, 7) is 0. The van der Waals surface area contributed by atoms with Gasteiger partial charge >= 0.3 is 5.70 Å². The third-order valence-corrected chi connectivity index (χ3v) is 2.48. The molecule has 0 bridgehead atoms. The quantitative estimate of drug-likeness (QED) is 0.475. The smallest absolute Gasteiger partial charge is 0.258 e. The van der Waals surface area contributed by atoms with Crippen molar-refractivity contribution in [2.75, 3.05) is 0 Å². The molecule has 2 aromatic rings. The first-order chi connectivity index (χ1) is 9.65. The van der Waals surface area contributed by atoms with Gasteiger partial charge in [0.25, 0.3) is 0 Å².